The fourth-order valence-electron chi connectivity index (χ4n) is 2.80. The van der Waals surface area contributed by atoms with Crippen LogP contribution in [-0.4, -0.2) is 23.9 Å². The van der Waals surface area contributed by atoms with Crippen molar-refractivity contribution >= 4 is 39.8 Å². The summed E-state index contributed by atoms with van der Waals surface area (Å²) in [4.78, 5) is 15.6. The van der Waals surface area contributed by atoms with E-state index in [1.807, 2.05) is 54.3 Å². The molecule has 136 valence electrons. The maximum Gasteiger partial charge on any atom is 0.234 e. The smallest absolute Gasteiger partial charge is 0.234 e. The predicted molar refractivity (Wildman–Crippen MR) is 108 cm³/mol. The van der Waals surface area contributed by atoms with Crippen LogP contribution in [0.5, 0.6) is 0 Å². The number of carbonyl (C=O) groups is 1. The Morgan fingerprint density at radius 3 is 2.88 bits per heavy atom. The molecule has 0 radical (unpaired) electrons. The highest BCUT2D eigenvalue weighted by Crippen LogP contribution is 2.24. The van der Waals surface area contributed by atoms with Crippen LogP contribution in [0.4, 0.5) is 0 Å². The standard InChI is InChI=1S/C20H21ClN2O2S/c1-3-10-23(12-16-8-9-19(21)26-16)13-20(24)22-14(2)18-11-15-6-4-5-7-17(15)25-18/h3-9,11,14H,1,10,12-13H2,2H3,(H,22,24). The van der Waals surface area contributed by atoms with Crippen LogP contribution >= 0.6 is 22.9 Å². The Kier molecular flexibility index (Phi) is 6.14. The molecule has 2 heterocycles. The second-order valence-electron chi connectivity index (χ2n) is 6.14. The number of hydrogen-bond donors (Lipinski definition) is 1. The summed E-state index contributed by atoms with van der Waals surface area (Å²) in [6, 6.07) is 13.4. The molecule has 0 bridgehead atoms. The first kappa shape index (κ1) is 18.7. The third kappa shape index (κ3) is 4.75. The summed E-state index contributed by atoms with van der Waals surface area (Å²) in [5.41, 5.74) is 0.825. The first-order valence-electron chi connectivity index (χ1n) is 8.40. The first-order chi connectivity index (χ1) is 12.5. The van der Waals surface area contributed by atoms with Gasteiger partial charge in [0.2, 0.25) is 5.91 Å². The maximum atomic E-state index is 12.5. The average Bonchev–Trinajstić information content (AvgIpc) is 3.21. The van der Waals surface area contributed by atoms with Crippen molar-refractivity contribution in [2.45, 2.75) is 19.5 Å². The molecule has 0 saturated carbocycles. The number of carbonyl (C=O) groups excluding carboxylic acids is 1. The van der Waals surface area contributed by atoms with Gasteiger partial charge in [0.1, 0.15) is 11.3 Å². The van der Waals surface area contributed by atoms with Crippen LogP contribution in [0.2, 0.25) is 4.34 Å². The number of hydrogen-bond acceptors (Lipinski definition) is 4. The summed E-state index contributed by atoms with van der Waals surface area (Å²) in [6.45, 7) is 7.27. The minimum atomic E-state index is -0.198. The molecule has 3 aromatic rings. The van der Waals surface area contributed by atoms with E-state index in [2.05, 4.69) is 11.9 Å². The van der Waals surface area contributed by atoms with E-state index in [0.29, 0.717) is 13.1 Å². The Morgan fingerprint density at radius 1 is 1.38 bits per heavy atom. The van der Waals surface area contributed by atoms with E-state index in [-0.39, 0.29) is 18.5 Å². The topological polar surface area (TPSA) is 45.5 Å². The summed E-state index contributed by atoms with van der Waals surface area (Å²) >= 11 is 7.51. The summed E-state index contributed by atoms with van der Waals surface area (Å²) < 4.78 is 6.58. The van der Waals surface area contributed by atoms with Crippen molar-refractivity contribution in [2.24, 2.45) is 0 Å². The zero-order valence-corrected chi connectivity index (χ0v) is 16.1. The molecule has 1 amide bonds. The minimum absolute atomic E-state index is 0.0533. The van der Waals surface area contributed by atoms with E-state index in [1.165, 1.54) is 11.3 Å². The van der Waals surface area contributed by atoms with Crippen molar-refractivity contribution in [3.8, 4) is 0 Å². The number of furan rings is 1. The number of halogens is 1. The lowest BCUT2D eigenvalue weighted by Gasteiger charge is -2.20. The molecule has 2 aromatic heterocycles. The Balaban J connectivity index is 1.60. The number of para-hydroxylation sites is 1. The van der Waals surface area contributed by atoms with Gasteiger partial charge in [-0.2, -0.15) is 0 Å². The molecule has 3 rings (SSSR count). The molecule has 0 saturated heterocycles. The Hall–Kier alpha value is -2.08. The van der Waals surface area contributed by atoms with Gasteiger partial charge in [0, 0.05) is 23.4 Å². The van der Waals surface area contributed by atoms with Crippen LogP contribution in [-0.2, 0) is 11.3 Å². The number of fused-ring (bicyclic) bond motifs is 1. The van der Waals surface area contributed by atoms with Gasteiger partial charge in [0.25, 0.3) is 0 Å². The summed E-state index contributed by atoms with van der Waals surface area (Å²) in [5.74, 6) is 0.697. The molecular formula is C20H21ClN2O2S. The fourth-order valence-corrected chi connectivity index (χ4v) is 3.93. The van der Waals surface area contributed by atoms with Crippen LogP contribution in [0.3, 0.4) is 0 Å². The molecule has 0 fully saturated rings. The second-order valence-corrected chi connectivity index (χ2v) is 7.94. The van der Waals surface area contributed by atoms with Crippen molar-refractivity contribution in [1.29, 1.82) is 0 Å². The molecule has 1 unspecified atom stereocenters. The van der Waals surface area contributed by atoms with Crippen molar-refractivity contribution in [1.82, 2.24) is 10.2 Å². The number of amides is 1. The Labute approximate surface area is 162 Å². The lowest BCUT2D eigenvalue weighted by atomic mass is 10.2. The van der Waals surface area contributed by atoms with Crippen molar-refractivity contribution < 1.29 is 9.21 Å². The van der Waals surface area contributed by atoms with Crippen molar-refractivity contribution in [3.05, 3.63) is 70.1 Å². The lowest BCUT2D eigenvalue weighted by molar-refractivity contribution is -0.123. The van der Waals surface area contributed by atoms with Gasteiger partial charge in [-0.3, -0.25) is 9.69 Å². The highest BCUT2D eigenvalue weighted by atomic mass is 35.5. The number of nitrogens with zero attached hydrogens (tertiary/aromatic N) is 1. The zero-order valence-electron chi connectivity index (χ0n) is 14.6. The lowest BCUT2D eigenvalue weighted by Crippen LogP contribution is -2.37. The van der Waals surface area contributed by atoms with Crippen LogP contribution in [0.15, 0.2) is 59.5 Å². The summed E-state index contributed by atoms with van der Waals surface area (Å²) in [7, 11) is 0. The van der Waals surface area contributed by atoms with Crippen LogP contribution in [0.25, 0.3) is 11.0 Å². The molecule has 0 aliphatic rings. The van der Waals surface area contributed by atoms with Crippen LogP contribution < -0.4 is 5.32 Å². The molecule has 0 spiro atoms. The van der Waals surface area contributed by atoms with E-state index < -0.39 is 0 Å². The minimum Gasteiger partial charge on any atom is -0.459 e. The third-order valence-corrected chi connectivity index (χ3v) is 5.23. The molecule has 0 aliphatic carbocycles. The van der Waals surface area contributed by atoms with Gasteiger partial charge in [-0.25, -0.2) is 0 Å². The van der Waals surface area contributed by atoms with E-state index in [4.69, 9.17) is 16.0 Å². The van der Waals surface area contributed by atoms with Crippen molar-refractivity contribution in [2.75, 3.05) is 13.1 Å². The summed E-state index contributed by atoms with van der Waals surface area (Å²) in [6.07, 6.45) is 1.80. The predicted octanol–water partition coefficient (Wildman–Crippen LogP) is 5.01. The summed E-state index contributed by atoms with van der Waals surface area (Å²) in [5, 5.41) is 4.04. The SMILES string of the molecule is C=CCN(CC(=O)NC(C)c1cc2ccccc2o1)Cc1ccc(Cl)s1. The average molecular weight is 389 g/mol. The van der Waals surface area contributed by atoms with Gasteiger partial charge < -0.3 is 9.73 Å². The third-order valence-electron chi connectivity index (χ3n) is 4.01. The van der Waals surface area contributed by atoms with Crippen LogP contribution in [0.1, 0.15) is 23.6 Å². The molecule has 1 aromatic carbocycles. The van der Waals surface area contributed by atoms with Gasteiger partial charge in [-0.05, 0) is 31.2 Å². The van der Waals surface area contributed by atoms with Gasteiger partial charge in [-0.1, -0.05) is 35.9 Å². The van der Waals surface area contributed by atoms with Gasteiger partial charge in [0.15, 0.2) is 0 Å². The normalized spacial score (nSPS) is 12.4. The van der Waals surface area contributed by atoms with Gasteiger partial charge >= 0.3 is 0 Å². The first-order valence-corrected chi connectivity index (χ1v) is 9.60. The monoisotopic (exact) mass is 388 g/mol. The van der Waals surface area contributed by atoms with E-state index in [9.17, 15) is 4.79 Å². The Bertz CT molecular complexity index is 869. The highest BCUT2D eigenvalue weighted by Gasteiger charge is 2.17. The van der Waals surface area contributed by atoms with Gasteiger partial charge in [0.05, 0.1) is 16.9 Å². The van der Waals surface area contributed by atoms with E-state index in [0.717, 1.165) is 25.9 Å². The number of benzene rings is 1. The molecule has 26 heavy (non-hydrogen) atoms. The Morgan fingerprint density at radius 2 is 2.19 bits per heavy atom. The van der Waals surface area contributed by atoms with Crippen LogP contribution in [0, 0.1) is 0 Å². The molecule has 1 atom stereocenters. The van der Waals surface area contributed by atoms with Gasteiger partial charge in [-0.15, -0.1) is 17.9 Å². The quantitative estimate of drug-likeness (QED) is 0.551. The molecule has 4 nitrogen and oxygen atoms in total. The van der Waals surface area contributed by atoms with Crippen molar-refractivity contribution in [3.63, 3.8) is 0 Å². The largest absolute Gasteiger partial charge is 0.459 e. The number of nitrogens with one attached hydrogen (secondary N) is 1. The maximum absolute atomic E-state index is 12.5. The number of thiophene rings is 1. The fraction of sp³-hybridized carbons (Fsp3) is 0.250. The van der Waals surface area contributed by atoms with E-state index >= 15 is 0 Å². The molecular weight excluding hydrogens is 368 g/mol. The number of rotatable bonds is 8. The highest BCUT2D eigenvalue weighted by molar-refractivity contribution is 7.16. The molecule has 0 aliphatic heterocycles. The zero-order chi connectivity index (χ0) is 18.5. The second kappa shape index (κ2) is 8.54. The molecule has 6 heteroatoms. The van der Waals surface area contributed by atoms with E-state index in [1.54, 1.807) is 6.08 Å². The molecule has 1 N–H and O–H groups in total.